The van der Waals surface area contributed by atoms with E-state index in [-0.39, 0.29) is 5.15 Å². The number of aromatic nitrogens is 5. The molecule has 0 radical (unpaired) electrons. The van der Waals surface area contributed by atoms with Crippen molar-refractivity contribution >= 4 is 34.1 Å². The Labute approximate surface area is 225 Å². The largest absolute Gasteiger partial charge is 0.383 e. The Kier molecular flexibility index (Phi) is 6.46. The first-order valence-corrected chi connectivity index (χ1v) is 12.9. The van der Waals surface area contributed by atoms with Crippen molar-refractivity contribution in [3.63, 3.8) is 0 Å². The minimum absolute atomic E-state index is 0.223. The third-order valence-corrected chi connectivity index (χ3v) is 7.40. The van der Waals surface area contributed by atoms with Crippen LogP contribution in [-0.2, 0) is 6.54 Å². The van der Waals surface area contributed by atoms with E-state index in [1.807, 2.05) is 41.1 Å². The maximum atomic E-state index is 7.45. The average molecular weight is 521 g/mol. The summed E-state index contributed by atoms with van der Waals surface area (Å²) >= 11 is 6.34. The quantitative estimate of drug-likeness (QED) is 0.220. The Morgan fingerprint density at radius 3 is 2.50 bits per heavy atom. The molecule has 1 saturated heterocycles. The van der Waals surface area contributed by atoms with Crippen LogP contribution in [0, 0.1) is 6.57 Å². The average Bonchev–Trinajstić information content (AvgIpc) is 3.40. The zero-order valence-electron chi connectivity index (χ0n) is 20.6. The zero-order valence-corrected chi connectivity index (χ0v) is 21.4. The molecular formula is C29H25ClN8. The third-order valence-electron chi connectivity index (χ3n) is 7.12. The molecule has 1 aliphatic rings. The minimum atomic E-state index is 0.223. The molecule has 1 fully saturated rings. The molecule has 2 N–H and O–H groups in total. The van der Waals surface area contributed by atoms with Gasteiger partial charge in [0, 0.05) is 25.2 Å². The number of anilines is 1. The molecule has 1 aliphatic heterocycles. The van der Waals surface area contributed by atoms with Crippen molar-refractivity contribution < 1.29 is 0 Å². The van der Waals surface area contributed by atoms with Gasteiger partial charge in [-0.3, -0.25) is 4.90 Å². The number of benzene rings is 2. The number of nitrogen functional groups attached to an aromatic ring is 1. The maximum Gasteiger partial charge on any atom is 0.224 e. The van der Waals surface area contributed by atoms with Crippen LogP contribution in [0.2, 0.25) is 5.15 Å². The van der Waals surface area contributed by atoms with Gasteiger partial charge in [-0.25, -0.2) is 24.5 Å². The van der Waals surface area contributed by atoms with Crippen LogP contribution in [0.3, 0.4) is 0 Å². The molecule has 0 bridgehead atoms. The van der Waals surface area contributed by atoms with Gasteiger partial charge in [0.1, 0.15) is 17.3 Å². The molecule has 0 saturated carbocycles. The molecule has 0 amide bonds. The van der Waals surface area contributed by atoms with Crippen molar-refractivity contribution in [1.82, 2.24) is 29.6 Å². The summed E-state index contributed by atoms with van der Waals surface area (Å²) in [6.07, 6.45) is 5.25. The fourth-order valence-electron chi connectivity index (χ4n) is 5.11. The van der Waals surface area contributed by atoms with Crippen LogP contribution in [0.4, 0.5) is 11.5 Å². The van der Waals surface area contributed by atoms with Crippen molar-refractivity contribution in [2.75, 3.05) is 18.8 Å². The standard InChI is InChI=1S/C29H25ClN8/c1-32-25-15-23(20-5-3-2-4-6-20)26(36-27(25)30)21-9-7-19(8-10-21)17-37-13-11-22(12-14-37)38-29-24(16-35-38)28(31)33-18-34-29/h2-10,15-16,18,22H,11-14,17H2,(H2,31,33,34). The van der Waals surface area contributed by atoms with Crippen LogP contribution in [-0.4, -0.2) is 42.7 Å². The minimum Gasteiger partial charge on any atom is -0.383 e. The summed E-state index contributed by atoms with van der Waals surface area (Å²) in [7, 11) is 0. The lowest BCUT2D eigenvalue weighted by Gasteiger charge is -2.32. The summed E-state index contributed by atoms with van der Waals surface area (Å²) in [4.78, 5) is 19.1. The van der Waals surface area contributed by atoms with Crippen molar-refractivity contribution in [3.05, 3.63) is 95.3 Å². The van der Waals surface area contributed by atoms with Gasteiger partial charge in [-0.15, -0.1) is 0 Å². The first-order valence-electron chi connectivity index (χ1n) is 12.5. The number of nitrogens with two attached hydrogens (primary N) is 1. The van der Waals surface area contributed by atoms with Gasteiger partial charge in [-0.05, 0) is 35.6 Å². The lowest BCUT2D eigenvalue weighted by atomic mass is 9.98. The predicted octanol–water partition coefficient (Wildman–Crippen LogP) is 6.18. The first kappa shape index (κ1) is 24.0. The molecule has 8 nitrogen and oxygen atoms in total. The molecular weight excluding hydrogens is 496 g/mol. The Morgan fingerprint density at radius 1 is 1.00 bits per heavy atom. The van der Waals surface area contributed by atoms with Crippen LogP contribution in [0.5, 0.6) is 0 Å². The highest BCUT2D eigenvalue weighted by Crippen LogP contribution is 2.37. The van der Waals surface area contributed by atoms with Gasteiger partial charge in [-0.1, -0.05) is 66.2 Å². The number of piperidine rings is 1. The van der Waals surface area contributed by atoms with Gasteiger partial charge in [0.2, 0.25) is 5.69 Å². The Balaban J connectivity index is 1.17. The predicted molar refractivity (Wildman–Crippen MR) is 150 cm³/mol. The SMILES string of the molecule is [C-]#[N+]c1cc(-c2ccccc2)c(-c2ccc(CN3CCC(n4ncc5c(N)ncnc54)CC3)cc2)nc1Cl. The van der Waals surface area contributed by atoms with Crippen LogP contribution in [0.25, 0.3) is 38.3 Å². The number of nitrogens with zero attached hydrogens (tertiary/aromatic N) is 7. The smallest absolute Gasteiger partial charge is 0.224 e. The fourth-order valence-corrected chi connectivity index (χ4v) is 5.29. The molecule has 0 unspecified atom stereocenters. The summed E-state index contributed by atoms with van der Waals surface area (Å²) in [5, 5.41) is 5.59. The van der Waals surface area contributed by atoms with E-state index in [0.717, 1.165) is 65.9 Å². The van der Waals surface area contributed by atoms with Crippen molar-refractivity contribution in [1.29, 1.82) is 0 Å². The molecule has 9 heteroatoms. The molecule has 38 heavy (non-hydrogen) atoms. The van der Waals surface area contributed by atoms with E-state index in [9.17, 15) is 0 Å². The second kappa shape index (κ2) is 10.2. The number of hydrogen-bond donors (Lipinski definition) is 1. The lowest BCUT2D eigenvalue weighted by Crippen LogP contribution is -2.34. The summed E-state index contributed by atoms with van der Waals surface area (Å²) in [5.41, 5.74) is 12.0. The van der Waals surface area contributed by atoms with E-state index < -0.39 is 0 Å². The highest BCUT2D eigenvalue weighted by Gasteiger charge is 2.23. The van der Waals surface area contributed by atoms with Crippen molar-refractivity contribution in [2.24, 2.45) is 0 Å². The maximum absolute atomic E-state index is 7.45. The van der Waals surface area contributed by atoms with Gasteiger partial charge in [0.25, 0.3) is 0 Å². The fraction of sp³-hybridized carbons (Fsp3) is 0.207. The number of pyridine rings is 1. The van der Waals surface area contributed by atoms with Gasteiger partial charge < -0.3 is 5.73 Å². The van der Waals surface area contributed by atoms with E-state index >= 15 is 0 Å². The van der Waals surface area contributed by atoms with Crippen LogP contribution in [0.1, 0.15) is 24.4 Å². The van der Waals surface area contributed by atoms with Gasteiger partial charge in [0.05, 0.1) is 29.9 Å². The number of likely N-dealkylation sites (tertiary alicyclic amines) is 1. The topological polar surface area (TPSA) is 90.1 Å². The second-order valence-electron chi connectivity index (χ2n) is 9.46. The summed E-state index contributed by atoms with van der Waals surface area (Å²) < 4.78 is 2.00. The van der Waals surface area contributed by atoms with Gasteiger partial charge in [-0.2, -0.15) is 5.10 Å². The third kappa shape index (κ3) is 4.58. The zero-order chi connectivity index (χ0) is 26.1. The van der Waals surface area contributed by atoms with E-state index in [1.165, 1.54) is 11.9 Å². The molecule has 3 aromatic heterocycles. The van der Waals surface area contributed by atoms with E-state index in [1.54, 1.807) is 6.20 Å². The Morgan fingerprint density at radius 2 is 1.76 bits per heavy atom. The highest BCUT2D eigenvalue weighted by atomic mass is 35.5. The van der Waals surface area contributed by atoms with E-state index in [2.05, 4.69) is 54.1 Å². The number of hydrogen-bond acceptors (Lipinski definition) is 6. The monoisotopic (exact) mass is 520 g/mol. The number of fused-ring (bicyclic) bond motifs is 1. The lowest BCUT2D eigenvalue weighted by molar-refractivity contribution is 0.175. The van der Waals surface area contributed by atoms with Crippen molar-refractivity contribution in [3.8, 4) is 22.4 Å². The molecule has 2 aromatic carbocycles. The molecule has 0 atom stereocenters. The Hall–Kier alpha value is -4.32. The van der Waals surface area contributed by atoms with Crippen LogP contribution < -0.4 is 5.73 Å². The molecule has 0 spiro atoms. The normalized spacial score (nSPS) is 14.5. The van der Waals surface area contributed by atoms with Gasteiger partial charge >= 0.3 is 0 Å². The molecule has 188 valence electrons. The van der Waals surface area contributed by atoms with Crippen LogP contribution in [0.15, 0.2) is 73.2 Å². The second-order valence-corrected chi connectivity index (χ2v) is 9.82. The number of halogens is 1. The Bertz CT molecular complexity index is 1630. The summed E-state index contributed by atoms with van der Waals surface area (Å²) in [5.74, 6) is 0.470. The summed E-state index contributed by atoms with van der Waals surface area (Å²) in [6.45, 7) is 10.3. The summed E-state index contributed by atoms with van der Waals surface area (Å²) in [6, 6.07) is 20.6. The highest BCUT2D eigenvalue weighted by molar-refractivity contribution is 6.32. The first-order chi connectivity index (χ1) is 18.6. The molecule has 4 heterocycles. The van der Waals surface area contributed by atoms with Gasteiger partial charge in [0.15, 0.2) is 5.65 Å². The van der Waals surface area contributed by atoms with Crippen LogP contribution >= 0.6 is 11.6 Å². The van der Waals surface area contributed by atoms with E-state index in [0.29, 0.717) is 17.5 Å². The molecule has 0 aliphatic carbocycles. The number of rotatable bonds is 5. The molecule has 6 rings (SSSR count). The van der Waals surface area contributed by atoms with E-state index in [4.69, 9.17) is 23.9 Å². The van der Waals surface area contributed by atoms with Crippen molar-refractivity contribution in [2.45, 2.75) is 25.4 Å². The molecule has 5 aromatic rings.